The Bertz CT molecular complexity index is 370. The zero-order chi connectivity index (χ0) is 9.35. The summed E-state index contributed by atoms with van der Waals surface area (Å²) in [6.45, 7) is 0. The van der Waals surface area contributed by atoms with Crippen LogP contribution in [0.5, 0.6) is 0 Å². The molecule has 4 nitrogen and oxygen atoms in total. The average molecular weight is 195 g/mol. The van der Waals surface area contributed by atoms with E-state index in [-0.39, 0.29) is 4.90 Å². The van der Waals surface area contributed by atoms with Crippen LogP contribution in [-0.4, -0.2) is 19.7 Å². The van der Waals surface area contributed by atoms with E-state index in [0.29, 0.717) is 0 Å². The van der Waals surface area contributed by atoms with Gasteiger partial charge in [0.1, 0.15) is 9.73 Å². The van der Waals surface area contributed by atoms with E-state index in [0.717, 1.165) is 12.4 Å². The summed E-state index contributed by atoms with van der Waals surface area (Å²) in [7, 11) is -2.47. The van der Waals surface area contributed by atoms with Crippen molar-refractivity contribution in [1.29, 1.82) is 4.78 Å². The number of halogens is 2. The van der Waals surface area contributed by atoms with Crippen molar-refractivity contribution in [3.05, 3.63) is 12.4 Å². The molecule has 1 aromatic rings. The summed E-state index contributed by atoms with van der Waals surface area (Å²) < 4.78 is 43.1. The van der Waals surface area contributed by atoms with Crippen molar-refractivity contribution in [3.8, 4) is 0 Å². The minimum absolute atomic E-state index is 0.236. The molecule has 1 N–H and O–H groups in total. The number of rotatable bonds is 2. The van der Waals surface area contributed by atoms with E-state index in [1.165, 1.54) is 11.7 Å². The van der Waals surface area contributed by atoms with Crippen molar-refractivity contribution in [3.63, 3.8) is 0 Å². The van der Waals surface area contributed by atoms with Gasteiger partial charge in [-0.25, -0.2) is 8.99 Å². The molecule has 1 unspecified atom stereocenters. The Labute approximate surface area is 68.2 Å². The lowest BCUT2D eigenvalue weighted by atomic mass is 10.7. The first-order valence-electron chi connectivity index (χ1n) is 2.99. The van der Waals surface area contributed by atoms with Gasteiger partial charge in [-0.1, -0.05) is 0 Å². The molecule has 0 saturated carbocycles. The van der Waals surface area contributed by atoms with Crippen LogP contribution in [0.2, 0.25) is 0 Å². The van der Waals surface area contributed by atoms with Crippen LogP contribution in [0.4, 0.5) is 8.78 Å². The molecule has 0 aliphatic carbocycles. The summed E-state index contributed by atoms with van der Waals surface area (Å²) in [6.07, 6.45) is 2.17. The maximum absolute atomic E-state index is 12.0. The van der Waals surface area contributed by atoms with E-state index >= 15 is 0 Å². The van der Waals surface area contributed by atoms with Crippen molar-refractivity contribution in [2.24, 2.45) is 7.05 Å². The van der Waals surface area contributed by atoms with Crippen molar-refractivity contribution >= 4 is 9.73 Å². The molecule has 0 amide bonds. The Morgan fingerprint density at radius 2 is 2.33 bits per heavy atom. The fourth-order valence-electron chi connectivity index (χ4n) is 0.658. The monoisotopic (exact) mass is 195 g/mol. The van der Waals surface area contributed by atoms with E-state index in [1.54, 1.807) is 0 Å². The van der Waals surface area contributed by atoms with E-state index in [2.05, 4.69) is 5.10 Å². The number of alkyl halides is 2. The second-order valence-corrected chi connectivity index (χ2v) is 4.24. The van der Waals surface area contributed by atoms with E-state index in [4.69, 9.17) is 4.78 Å². The molecule has 1 aromatic heterocycles. The maximum atomic E-state index is 12.0. The zero-order valence-electron chi connectivity index (χ0n) is 6.20. The number of aryl methyl sites for hydroxylation is 1. The molecule has 1 rings (SSSR count). The smallest absolute Gasteiger partial charge is 0.275 e. The van der Waals surface area contributed by atoms with Gasteiger partial charge in [0.15, 0.2) is 0 Å². The van der Waals surface area contributed by atoms with Gasteiger partial charge in [-0.05, 0) is 0 Å². The lowest BCUT2D eigenvalue weighted by Crippen LogP contribution is -2.08. The molecule has 68 valence electrons. The zero-order valence-corrected chi connectivity index (χ0v) is 7.02. The first-order chi connectivity index (χ1) is 5.44. The first kappa shape index (κ1) is 9.11. The molecule has 1 atom stereocenters. The van der Waals surface area contributed by atoms with Crippen molar-refractivity contribution in [1.82, 2.24) is 9.78 Å². The minimum Gasteiger partial charge on any atom is -0.275 e. The quantitative estimate of drug-likeness (QED) is 0.766. The Kier molecular flexibility index (Phi) is 2.14. The molecular formula is C5H7F2N3OS. The van der Waals surface area contributed by atoms with E-state index < -0.39 is 15.5 Å². The van der Waals surface area contributed by atoms with Crippen LogP contribution in [0.25, 0.3) is 0 Å². The topological polar surface area (TPSA) is 58.7 Å². The van der Waals surface area contributed by atoms with Crippen molar-refractivity contribution in [2.45, 2.75) is 10.7 Å². The minimum atomic E-state index is -3.97. The van der Waals surface area contributed by atoms with Gasteiger partial charge in [0, 0.05) is 13.2 Å². The number of hydrogen-bond acceptors (Lipinski definition) is 3. The third-order valence-corrected chi connectivity index (χ3v) is 2.70. The molecule has 0 radical (unpaired) electrons. The lowest BCUT2D eigenvalue weighted by molar-refractivity contribution is 0.241. The molecule has 0 aromatic carbocycles. The summed E-state index contributed by atoms with van der Waals surface area (Å²) in [5, 5.41) is 3.55. The van der Waals surface area contributed by atoms with Crippen LogP contribution >= 0.6 is 0 Å². The summed E-state index contributed by atoms with van der Waals surface area (Å²) in [6, 6.07) is 0. The van der Waals surface area contributed by atoms with Gasteiger partial charge in [0.2, 0.25) is 0 Å². The first-order valence-corrected chi connectivity index (χ1v) is 4.61. The fourth-order valence-corrected chi connectivity index (χ4v) is 1.38. The van der Waals surface area contributed by atoms with Crippen LogP contribution in [0.1, 0.15) is 0 Å². The summed E-state index contributed by atoms with van der Waals surface area (Å²) >= 11 is 0. The molecule has 12 heavy (non-hydrogen) atoms. The maximum Gasteiger partial charge on any atom is 0.323 e. The van der Waals surface area contributed by atoms with Gasteiger partial charge in [0.25, 0.3) is 0 Å². The van der Waals surface area contributed by atoms with Gasteiger partial charge in [-0.2, -0.15) is 13.9 Å². The van der Waals surface area contributed by atoms with Gasteiger partial charge in [-0.3, -0.25) is 4.68 Å². The Hall–Kier alpha value is -0.980. The molecule has 0 aliphatic heterocycles. The van der Waals surface area contributed by atoms with Crippen LogP contribution in [0.15, 0.2) is 17.3 Å². The van der Waals surface area contributed by atoms with Crippen molar-refractivity contribution in [2.75, 3.05) is 0 Å². The predicted molar refractivity (Wildman–Crippen MR) is 38.3 cm³/mol. The van der Waals surface area contributed by atoms with Crippen molar-refractivity contribution < 1.29 is 13.0 Å². The van der Waals surface area contributed by atoms with Gasteiger partial charge >= 0.3 is 5.76 Å². The van der Waals surface area contributed by atoms with Crippen LogP contribution in [0.3, 0.4) is 0 Å². The predicted octanol–water partition coefficient (Wildman–Crippen LogP) is 1.05. The Morgan fingerprint density at radius 3 is 2.67 bits per heavy atom. The molecule has 7 heteroatoms. The standard InChI is InChI=1S/C5H7F2N3OS/c1-10-3-4(2-9-10)12(8,11)5(6)7/h2-3,5,8H,1H3. The molecule has 0 saturated heterocycles. The highest BCUT2D eigenvalue weighted by Crippen LogP contribution is 2.17. The number of nitrogens with zero attached hydrogens (tertiary/aromatic N) is 2. The Morgan fingerprint density at radius 1 is 1.75 bits per heavy atom. The van der Waals surface area contributed by atoms with Gasteiger partial charge < -0.3 is 0 Å². The highest BCUT2D eigenvalue weighted by molar-refractivity contribution is 7.92. The summed E-state index contributed by atoms with van der Waals surface area (Å²) in [4.78, 5) is -0.236. The largest absolute Gasteiger partial charge is 0.323 e. The van der Waals surface area contributed by atoms with Gasteiger partial charge in [-0.15, -0.1) is 0 Å². The highest BCUT2D eigenvalue weighted by Gasteiger charge is 2.23. The second-order valence-electron chi connectivity index (χ2n) is 2.21. The molecule has 1 heterocycles. The fraction of sp³-hybridized carbons (Fsp3) is 0.400. The molecule has 0 fully saturated rings. The summed E-state index contributed by atoms with van der Waals surface area (Å²) in [5.41, 5.74) is 0. The van der Waals surface area contributed by atoms with Crippen LogP contribution < -0.4 is 0 Å². The Balaban J connectivity index is 3.15. The number of hydrogen-bond donors (Lipinski definition) is 1. The normalized spacial score (nSPS) is 16.3. The highest BCUT2D eigenvalue weighted by atomic mass is 32.2. The lowest BCUT2D eigenvalue weighted by Gasteiger charge is -2.00. The SMILES string of the molecule is Cn1cc(S(=N)(=O)C(F)F)cn1. The number of aromatic nitrogens is 2. The van der Waals surface area contributed by atoms with Crippen LogP contribution in [0, 0.1) is 4.78 Å². The number of nitrogens with one attached hydrogen (secondary N) is 1. The molecular weight excluding hydrogens is 188 g/mol. The van der Waals surface area contributed by atoms with E-state index in [1.807, 2.05) is 0 Å². The van der Waals surface area contributed by atoms with Crippen LogP contribution in [-0.2, 0) is 16.8 Å². The molecule has 0 bridgehead atoms. The van der Waals surface area contributed by atoms with E-state index in [9.17, 15) is 13.0 Å². The molecule has 0 spiro atoms. The van der Waals surface area contributed by atoms with Gasteiger partial charge in [0.05, 0.1) is 11.1 Å². The second kappa shape index (κ2) is 2.81. The third-order valence-electron chi connectivity index (χ3n) is 1.28. The summed E-state index contributed by atoms with van der Waals surface area (Å²) in [5.74, 6) is -3.17. The molecule has 0 aliphatic rings. The third kappa shape index (κ3) is 1.45. The average Bonchev–Trinajstić information content (AvgIpc) is 2.35.